The molecule has 2 N–H and O–H groups in total. The van der Waals surface area contributed by atoms with E-state index in [1.807, 2.05) is 32.0 Å². The van der Waals surface area contributed by atoms with Crippen LogP contribution in [0.5, 0.6) is 5.75 Å². The molecule has 0 heterocycles. The van der Waals surface area contributed by atoms with Gasteiger partial charge in [0.2, 0.25) is 0 Å². The quantitative estimate of drug-likeness (QED) is 0.541. The van der Waals surface area contributed by atoms with Gasteiger partial charge in [-0.25, -0.2) is 4.79 Å². The predicted molar refractivity (Wildman–Crippen MR) is 122 cm³/mol. The summed E-state index contributed by atoms with van der Waals surface area (Å²) in [6, 6.07) is 18.8. The van der Waals surface area contributed by atoms with E-state index in [9.17, 15) is 14.4 Å². The Bertz CT molecular complexity index is 1160. The molecule has 32 heavy (non-hydrogen) atoms. The van der Waals surface area contributed by atoms with Gasteiger partial charge in [0.25, 0.3) is 11.8 Å². The second-order valence-electron chi connectivity index (χ2n) is 7.12. The van der Waals surface area contributed by atoms with Crippen molar-refractivity contribution in [2.75, 3.05) is 24.4 Å². The Balaban J connectivity index is 1.68. The van der Waals surface area contributed by atoms with Crippen LogP contribution >= 0.6 is 0 Å². The molecule has 3 rings (SSSR count). The first-order valence-electron chi connectivity index (χ1n) is 9.96. The number of benzene rings is 3. The molecule has 3 aromatic carbocycles. The second-order valence-corrected chi connectivity index (χ2v) is 7.12. The molecule has 0 aliphatic carbocycles. The van der Waals surface area contributed by atoms with Gasteiger partial charge in [-0.1, -0.05) is 30.3 Å². The van der Waals surface area contributed by atoms with Gasteiger partial charge in [0.1, 0.15) is 5.75 Å². The summed E-state index contributed by atoms with van der Waals surface area (Å²) >= 11 is 0. The third kappa shape index (κ3) is 5.51. The summed E-state index contributed by atoms with van der Waals surface area (Å²) in [5.41, 5.74) is 3.71. The van der Waals surface area contributed by atoms with E-state index in [2.05, 4.69) is 10.6 Å². The standard InChI is InChI=1S/C25H24N2O5/c1-16-12-13-18(14-17(16)2)26-24(29)20-9-5-7-11-22(20)32-15-23(28)27-21-10-6-4-8-19(21)25(30)31-3/h4-14H,15H2,1-3H3,(H,26,29)(H,27,28). The number of esters is 1. The van der Waals surface area contributed by atoms with E-state index >= 15 is 0 Å². The summed E-state index contributed by atoms with van der Waals surface area (Å²) < 4.78 is 10.3. The number of nitrogens with one attached hydrogen (secondary N) is 2. The molecular formula is C25H24N2O5. The number of hydrogen-bond acceptors (Lipinski definition) is 5. The number of ether oxygens (including phenoxy) is 2. The Morgan fingerprint density at radius 1 is 0.812 bits per heavy atom. The average Bonchev–Trinajstić information content (AvgIpc) is 2.80. The number of methoxy groups -OCH3 is 1. The monoisotopic (exact) mass is 432 g/mol. The van der Waals surface area contributed by atoms with Gasteiger partial charge >= 0.3 is 5.97 Å². The maximum atomic E-state index is 12.8. The van der Waals surface area contributed by atoms with Crippen molar-refractivity contribution in [1.29, 1.82) is 0 Å². The molecule has 0 spiro atoms. The van der Waals surface area contributed by atoms with Gasteiger partial charge in [-0.3, -0.25) is 9.59 Å². The fraction of sp³-hybridized carbons (Fsp3) is 0.160. The van der Waals surface area contributed by atoms with Crippen molar-refractivity contribution in [2.24, 2.45) is 0 Å². The second kappa shape index (κ2) is 10.3. The van der Waals surface area contributed by atoms with Crippen LogP contribution in [-0.2, 0) is 9.53 Å². The van der Waals surface area contributed by atoms with E-state index in [4.69, 9.17) is 9.47 Å². The van der Waals surface area contributed by atoms with Gasteiger partial charge in [-0.05, 0) is 61.4 Å². The third-order valence-electron chi connectivity index (χ3n) is 4.86. The van der Waals surface area contributed by atoms with Crippen LogP contribution < -0.4 is 15.4 Å². The van der Waals surface area contributed by atoms with Crippen LogP contribution in [0.25, 0.3) is 0 Å². The number of aryl methyl sites for hydroxylation is 2. The van der Waals surface area contributed by atoms with Crippen LogP contribution in [0.2, 0.25) is 0 Å². The van der Waals surface area contributed by atoms with Crippen LogP contribution in [0.1, 0.15) is 31.8 Å². The lowest BCUT2D eigenvalue weighted by Crippen LogP contribution is -2.23. The van der Waals surface area contributed by atoms with E-state index in [1.54, 1.807) is 48.5 Å². The van der Waals surface area contributed by atoms with Crippen molar-refractivity contribution in [1.82, 2.24) is 0 Å². The van der Waals surface area contributed by atoms with Gasteiger partial charge in [-0.2, -0.15) is 0 Å². The first kappa shape index (κ1) is 22.6. The summed E-state index contributed by atoms with van der Waals surface area (Å²) in [4.78, 5) is 37.0. The Morgan fingerprint density at radius 3 is 2.22 bits per heavy atom. The van der Waals surface area contributed by atoms with Crippen molar-refractivity contribution in [3.8, 4) is 5.75 Å². The molecule has 0 fully saturated rings. The molecule has 2 amide bonds. The van der Waals surface area contributed by atoms with E-state index < -0.39 is 11.9 Å². The number of carbonyl (C=O) groups is 3. The minimum atomic E-state index is -0.560. The van der Waals surface area contributed by atoms with E-state index in [0.29, 0.717) is 16.9 Å². The Labute approximate surface area is 186 Å². The fourth-order valence-corrected chi connectivity index (χ4v) is 3.01. The fourth-order valence-electron chi connectivity index (χ4n) is 3.01. The summed E-state index contributed by atoms with van der Waals surface area (Å²) in [7, 11) is 1.27. The highest BCUT2D eigenvalue weighted by Gasteiger charge is 2.16. The molecule has 0 aromatic heterocycles. The van der Waals surface area contributed by atoms with E-state index in [0.717, 1.165) is 11.1 Å². The topological polar surface area (TPSA) is 93.7 Å². The Hall–Kier alpha value is -4.13. The van der Waals surface area contributed by atoms with Crippen LogP contribution in [-0.4, -0.2) is 31.5 Å². The van der Waals surface area contributed by atoms with Crippen LogP contribution in [0.15, 0.2) is 66.7 Å². The van der Waals surface area contributed by atoms with Crippen LogP contribution in [0.3, 0.4) is 0 Å². The SMILES string of the molecule is COC(=O)c1ccccc1NC(=O)COc1ccccc1C(=O)Nc1ccc(C)c(C)c1. The summed E-state index contributed by atoms with van der Waals surface area (Å²) in [6.45, 7) is 3.63. The van der Waals surface area contributed by atoms with Crippen molar-refractivity contribution < 1.29 is 23.9 Å². The molecule has 0 saturated carbocycles. The first-order valence-corrected chi connectivity index (χ1v) is 9.96. The van der Waals surface area contributed by atoms with Crippen molar-refractivity contribution in [3.05, 3.63) is 89.0 Å². The van der Waals surface area contributed by atoms with Gasteiger partial charge in [0.15, 0.2) is 6.61 Å². The molecule has 0 unspecified atom stereocenters. The molecule has 164 valence electrons. The van der Waals surface area contributed by atoms with Crippen molar-refractivity contribution >= 4 is 29.2 Å². The number of amides is 2. The lowest BCUT2D eigenvalue weighted by atomic mass is 10.1. The number of anilines is 2. The highest BCUT2D eigenvalue weighted by Crippen LogP contribution is 2.21. The van der Waals surface area contributed by atoms with Gasteiger partial charge in [-0.15, -0.1) is 0 Å². The van der Waals surface area contributed by atoms with Gasteiger partial charge in [0.05, 0.1) is 23.9 Å². The minimum Gasteiger partial charge on any atom is -0.483 e. The molecule has 0 radical (unpaired) electrons. The molecule has 0 aliphatic rings. The average molecular weight is 432 g/mol. The summed E-state index contributed by atoms with van der Waals surface area (Å²) in [5, 5.41) is 5.48. The summed E-state index contributed by atoms with van der Waals surface area (Å²) in [5.74, 6) is -1.12. The van der Waals surface area contributed by atoms with Crippen molar-refractivity contribution in [3.63, 3.8) is 0 Å². The Kier molecular flexibility index (Phi) is 7.23. The zero-order valence-electron chi connectivity index (χ0n) is 18.1. The molecule has 0 saturated heterocycles. The number of para-hydroxylation sites is 2. The molecule has 0 atom stereocenters. The smallest absolute Gasteiger partial charge is 0.339 e. The maximum absolute atomic E-state index is 12.8. The number of rotatable bonds is 7. The molecule has 3 aromatic rings. The third-order valence-corrected chi connectivity index (χ3v) is 4.86. The highest BCUT2D eigenvalue weighted by molar-refractivity contribution is 6.06. The van der Waals surface area contributed by atoms with Crippen LogP contribution in [0, 0.1) is 13.8 Å². The minimum absolute atomic E-state index is 0.233. The maximum Gasteiger partial charge on any atom is 0.339 e. The zero-order chi connectivity index (χ0) is 23.1. The Morgan fingerprint density at radius 2 is 1.50 bits per heavy atom. The first-order chi connectivity index (χ1) is 15.4. The lowest BCUT2D eigenvalue weighted by molar-refractivity contribution is -0.118. The highest BCUT2D eigenvalue weighted by atomic mass is 16.5. The van der Waals surface area contributed by atoms with Gasteiger partial charge < -0.3 is 20.1 Å². The molecular weight excluding hydrogens is 408 g/mol. The van der Waals surface area contributed by atoms with Crippen molar-refractivity contribution in [2.45, 2.75) is 13.8 Å². The van der Waals surface area contributed by atoms with Crippen LogP contribution in [0.4, 0.5) is 11.4 Å². The predicted octanol–water partition coefficient (Wildman–Crippen LogP) is 4.36. The van der Waals surface area contributed by atoms with Gasteiger partial charge in [0, 0.05) is 5.69 Å². The normalized spacial score (nSPS) is 10.2. The zero-order valence-corrected chi connectivity index (χ0v) is 18.1. The van der Waals surface area contributed by atoms with E-state index in [1.165, 1.54) is 7.11 Å². The number of carbonyl (C=O) groups excluding carboxylic acids is 3. The molecule has 0 aliphatic heterocycles. The lowest BCUT2D eigenvalue weighted by Gasteiger charge is -2.13. The molecule has 7 heteroatoms. The molecule has 0 bridgehead atoms. The molecule has 7 nitrogen and oxygen atoms in total. The summed E-state index contributed by atoms with van der Waals surface area (Å²) in [6.07, 6.45) is 0. The number of hydrogen-bond donors (Lipinski definition) is 2. The largest absolute Gasteiger partial charge is 0.483 e. The van der Waals surface area contributed by atoms with E-state index in [-0.39, 0.29) is 23.8 Å².